The summed E-state index contributed by atoms with van der Waals surface area (Å²) in [5.41, 5.74) is 5.58. The Kier molecular flexibility index (Phi) is 4.71. The van der Waals surface area contributed by atoms with Crippen LogP contribution < -0.4 is 5.32 Å². The van der Waals surface area contributed by atoms with Crippen LogP contribution in [0.3, 0.4) is 0 Å². The number of anilines is 1. The summed E-state index contributed by atoms with van der Waals surface area (Å²) in [6.45, 7) is 2.08. The molecule has 0 bridgehead atoms. The fourth-order valence-electron chi connectivity index (χ4n) is 3.22. The summed E-state index contributed by atoms with van der Waals surface area (Å²) in [6.07, 6.45) is 1.15. The van der Waals surface area contributed by atoms with Gasteiger partial charge in [0.25, 0.3) is 0 Å². The van der Waals surface area contributed by atoms with E-state index in [0.717, 1.165) is 22.0 Å². The van der Waals surface area contributed by atoms with Crippen molar-refractivity contribution in [1.29, 1.82) is 0 Å². The Morgan fingerprint density at radius 2 is 1.78 bits per heavy atom. The predicted molar refractivity (Wildman–Crippen MR) is 110 cm³/mol. The van der Waals surface area contributed by atoms with Crippen LogP contribution in [0.2, 0.25) is 0 Å². The summed E-state index contributed by atoms with van der Waals surface area (Å²) >= 11 is 0. The van der Waals surface area contributed by atoms with Crippen LogP contribution >= 0.6 is 0 Å². The lowest BCUT2D eigenvalue weighted by atomic mass is 10.0. The molecule has 0 atom stereocenters. The molecule has 0 saturated heterocycles. The number of hydrogen-bond donors (Lipinski definition) is 2. The van der Waals surface area contributed by atoms with Crippen LogP contribution in [0, 0.1) is 6.92 Å². The van der Waals surface area contributed by atoms with Gasteiger partial charge in [-0.05, 0) is 42.2 Å². The van der Waals surface area contributed by atoms with Crippen molar-refractivity contribution in [2.75, 3.05) is 5.32 Å². The third-order valence-corrected chi connectivity index (χ3v) is 4.66. The molecule has 1 amide bonds. The van der Waals surface area contributed by atoms with E-state index < -0.39 is 0 Å². The molecule has 4 nitrogen and oxygen atoms in total. The van der Waals surface area contributed by atoms with Crippen molar-refractivity contribution in [3.8, 4) is 11.1 Å². The molecule has 0 unspecified atom stereocenters. The molecule has 0 radical (unpaired) electrons. The molecular formula is C23H21N3O. The van der Waals surface area contributed by atoms with E-state index in [1.165, 1.54) is 11.1 Å². The first-order chi connectivity index (χ1) is 13.2. The van der Waals surface area contributed by atoms with Crippen LogP contribution in [0.1, 0.15) is 17.5 Å². The van der Waals surface area contributed by atoms with Gasteiger partial charge < -0.3 is 5.32 Å². The molecule has 0 saturated carbocycles. The Morgan fingerprint density at radius 1 is 0.963 bits per heavy atom. The molecule has 2 N–H and O–H groups in total. The number of fused-ring (bicyclic) bond motifs is 1. The second-order valence-corrected chi connectivity index (χ2v) is 6.74. The van der Waals surface area contributed by atoms with E-state index in [-0.39, 0.29) is 5.91 Å². The van der Waals surface area contributed by atoms with Gasteiger partial charge in [-0.15, -0.1) is 0 Å². The zero-order chi connectivity index (χ0) is 18.6. The quantitative estimate of drug-likeness (QED) is 0.523. The molecular weight excluding hydrogens is 334 g/mol. The third kappa shape index (κ3) is 3.90. The molecule has 27 heavy (non-hydrogen) atoms. The number of carbonyl (C=O) groups excluding carboxylic acids is 1. The first-order valence-corrected chi connectivity index (χ1v) is 9.08. The van der Waals surface area contributed by atoms with Gasteiger partial charge >= 0.3 is 0 Å². The highest BCUT2D eigenvalue weighted by atomic mass is 16.1. The van der Waals surface area contributed by atoms with Crippen LogP contribution in [-0.2, 0) is 11.2 Å². The first-order valence-electron chi connectivity index (χ1n) is 9.08. The zero-order valence-electron chi connectivity index (χ0n) is 15.2. The van der Waals surface area contributed by atoms with Gasteiger partial charge in [-0.2, -0.15) is 5.10 Å². The largest absolute Gasteiger partial charge is 0.309 e. The van der Waals surface area contributed by atoms with Gasteiger partial charge in [-0.3, -0.25) is 9.89 Å². The first kappa shape index (κ1) is 17.0. The van der Waals surface area contributed by atoms with Crippen molar-refractivity contribution in [2.45, 2.75) is 19.8 Å². The van der Waals surface area contributed by atoms with Crippen LogP contribution in [-0.4, -0.2) is 16.1 Å². The SMILES string of the molecule is Cc1cccc(-c2ccc3c(NC(=O)CCc4ccccc4)n[nH]c3c2)c1. The summed E-state index contributed by atoms with van der Waals surface area (Å²) < 4.78 is 0. The number of benzene rings is 3. The van der Waals surface area contributed by atoms with Crippen LogP contribution in [0.4, 0.5) is 5.82 Å². The standard InChI is InChI=1S/C23H21N3O/c1-16-6-5-9-18(14-16)19-11-12-20-21(15-19)25-26-23(20)24-22(27)13-10-17-7-3-2-4-8-17/h2-9,11-12,14-15H,10,13H2,1H3,(H2,24,25,26,27). The number of rotatable bonds is 5. The van der Waals surface area contributed by atoms with Gasteiger partial charge in [0, 0.05) is 11.8 Å². The number of aromatic amines is 1. The van der Waals surface area contributed by atoms with Crippen LogP contribution in [0.15, 0.2) is 72.8 Å². The number of carbonyl (C=O) groups is 1. The molecule has 134 valence electrons. The molecule has 0 fully saturated rings. The number of amides is 1. The highest BCUT2D eigenvalue weighted by molar-refractivity contribution is 6.00. The monoisotopic (exact) mass is 355 g/mol. The lowest BCUT2D eigenvalue weighted by Gasteiger charge is -2.05. The summed E-state index contributed by atoms with van der Waals surface area (Å²) in [5, 5.41) is 11.2. The Labute approximate surface area is 158 Å². The van der Waals surface area contributed by atoms with Crippen molar-refractivity contribution in [1.82, 2.24) is 10.2 Å². The lowest BCUT2D eigenvalue weighted by Crippen LogP contribution is -2.12. The second-order valence-electron chi connectivity index (χ2n) is 6.74. The summed E-state index contributed by atoms with van der Waals surface area (Å²) in [7, 11) is 0. The molecule has 0 aliphatic carbocycles. The van der Waals surface area contributed by atoms with Gasteiger partial charge in [-0.25, -0.2) is 0 Å². The van der Waals surface area contributed by atoms with Crippen molar-refractivity contribution in [3.63, 3.8) is 0 Å². The number of nitrogens with one attached hydrogen (secondary N) is 2. The second kappa shape index (κ2) is 7.46. The maximum absolute atomic E-state index is 12.3. The number of aryl methyl sites for hydroxylation is 2. The molecule has 0 aliphatic rings. The Bertz CT molecular complexity index is 1080. The van der Waals surface area contributed by atoms with Crippen LogP contribution in [0.25, 0.3) is 22.0 Å². The van der Waals surface area contributed by atoms with Crippen molar-refractivity contribution >= 4 is 22.6 Å². The predicted octanol–water partition coefficient (Wildman–Crippen LogP) is 5.11. The van der Waals surface area contributed by atoms with E-state index in [9.17, 15) is 4.79 Å². The third-order valence-electron chi connectivity index (χ3n) is 4.66. The van der Waals surface area contributed by atoms with Crippen molar-refractivity contribution in [2.24, 2.45) is 0 Å². The maximum atomic E-state index is 12.3. The smallest absolute Gasteiger partial charge is 0.225 e. The molecule has 0 spiro atoms. The number of nitrogens with zero attached hydrogens (tertiary/aromatic N) is 1. The molecule has 4 aromatic rings. The fourth-order valence-corrected chi connectivity index (χ4v) is 3.22. The molecule has 3 aromatic carbocycles. The summed E-state index contributed by atoms with van der Waals surface area (Å²) in [4.78, 5) is 12.3. The van der Waals surface area contributed by atoms with E-state index in [0.29, 0.717) is 18.7 Å². The Balaban J connectivity index is 1.49. The minimum atomic E-state index is -0.0324. The van der Waals surface area contributed by atoms with E-state index in [1.807, 2.05) is 36.4 Å². The van der Waals surface area contributed by atoms with Gasteiger partial charge in [-0.1, -0.05) is 66.2 Å². The van der Waals surface area contributed by atoms with Crippen molar-refractivity contribution in [3.05, 3.63) is 83.9 Å². The summed E-state index contributed by atoms with van der Waals surface area (Å²) in [6, 6.07) is 24.5. The van der Waals surface area contributed by atoms with E-state index in [1.54, 1.807) is 0 Å². The Hall–Kier alpha value is -3.40. The lowest BCUT2D eigenvalue weighted by molar-refractivity contribution is -0.116. The topological polar surface area (TPSA) is 57.8 Å². The molecule has 1 aromatic heterocycles. The van der Waals surface area contributed by atoms with Gasteiger partial charge in [0.2, 0.25) is 5.91 Å². The van der Waals surface area contributed by atoms with Crippen molar-refractivity contribution < 1.29 is 4.79 Å². The fraction of sp³-hybridized carbons (Fsp3) is 0.130. The van der Waals surface area contributed by atoms with Gasteiger partial charge in [0.15, 0.2) is 5.82 Å². The average Bonchev–Trinajstić information content (AvgIpc) is 3.09. The van der Waals surface area contributed by atoms with Gasteiger partial charge in [0.05, 0.1) is 5.52 Å². The average molecular weight is 355 g/mol. The highest BCUT2D eigenvalue weighted by Crippen LogP contribution is 2.27. The zero-order valence-corrected chi connectivity index (χ0v) is 15.2. The van der Waals surface area contributed by atoms with E-state index >= 15 is 0 Å². The number of aromatic nitrogens is 2. The van der Waals surface area contributed by atoms with E-state index in [2.05, 4.69) is 58.8 Å². The minimum absolute atomic E-state index is 0.0324. The van der Waals surface area contributed by atoms with Gasteiger partial charge in [0.1, 0.15) is 0 Å². The molecule has 1 heterocycles. The van der Waals surface area contributed by atoms with E-state index in [4.69, 9.17) is 0 Å². The number of hydrogen-bond acceptors (Lipinski definition) is 2. The summed E-state index contributed by atoms with van der Waals surface area (Å²) in [5.74, 6) is 0.550. The highest BCUT2D eigenvalue weighted by Gasteiger charge is 2.10. The van der Waals surface area contributed by atoms with Crippen LogP contribution in [0.5, 0.6) is 0 Å². The number of H-pyrrole nitrogens is 1. The molecule has 0 aliphatic heterocycles. The normalized spacial score (nSPS) is 10.9. The molecule has 4 rings (SSSR count). The molecule has 4 heteroatoms. The Morgan fingerprint density at radius 3 is 2.59 bits per heavy atom. The maximum Gasteiger partial charge on any atom is 0.225 e. The minimum Gasteiger partial charge on any atom is -0.309 e.